The third-order valence-electron chi connectivity index (χ3n) is 2.59. The minimum absolute atomic E-state index is 0.000460. The number of rotatable bonds is 3. The second-order valence-electron chi connectivity index (χ2n) is 3.79. The Morgan fingerprint density at radius 3 is 2.50 bits per heavy atom. The molecule has 0 fully saturated rings. The number of aliphatic hydroxyl groups excluding tert-OH is 1. The maximum atomic E-state index is 11.0. The molecule has 88 valence electrons. The molecular formula is C12H16O4. The fourth-order valence-corrected chi connectivity index (χ4v) is 1.44. The summed E-state index contributed by atoms with van der Waals surface area (Å²) in [7, 11) is 1.26. The number of aromatic hydroxyl groups is 1. The van der Waals surface area contributed by atoms with Crippen LogP contribution in [0.4, 0.5) is 0 Å². The van der Waals surface area contributed by atoms with Gasteiger partial charge in [-0.1, -0.05) is 0 Å². The molecule has 0 saturated carbocycles. The smallest absolute Gasteiger partial charge is 0.308 e. The summed E-state index contributed by atoms with van der Waals surface area (Å²) in [4.78, 5) is 11.0. The van der Waals surface area contributed by atoms with Gasteiger partial charge in [0.2, 0.25) is 0 Å². The Morgan fingerprint density at radius 2 is 1.94 bits per heavy atom. The summed E-state index contributed by atoms with van der Waals surface area (Å²) < 4.78 is 4.46. The molecule has 1 aromatic carbocycles. The van der Waals surface area contributed by atoms with Crippen LogP contribution in [-0.4, -0.2) is 23.3 Å². The third-order valence-corrected chi connectivity index (χ3v) is 2.59. The fourth-order valence-electron chi connectivity index (χ4n) is 1.44. The van der Waals surface area contributed by atoms with Crippen LogP contribution in [0.1, 0.15) is 29.2 Å². The minimum Gasteiger partial charge on any atom is -0.508 e. The van der Waals surface area contributed by atoms with Crippen LogP contribution in [0.25, 0.3) is 0 Å². The summed E-state index contributed by atoms with van der Waals surface area (Å²) in [5.74, 6) is -0.510. The Kier molecular flexibility index (Phi) is 3.90. The summed E-state index contributed by atoms with van der Waals surface area (Å²) in [6, 6.07) is 3.25. The molecule has 1 aromatic rings. The van der Waals surface area contributed by atoms with E-state index in [4.69, 9.17) is 0 Å². The van der Waals surface area contributed by atoms with Gasteiger partial charge in [-0.2, -0.15) is 0 Å². The molecule has 1 atom stereocenters. The van der Waals surface area contributed by atoms with Gasteiger partial charge in [-0.3, -0.25) is 4.79 Å². The predicted molar refractivity (Wildman–Crippen MR) is 59.2 cm³/mol. The first-order chi connectivity index (χ1) is 7.45. The monoisotopic (exact) mass is 224 g/mol. The van der Waals surface area contributed by atoms with Crippen molar-refractivity contribution in [2.24, 2.45) is 0 Å². The predicted octanol–water partition coefficient (Wildman–Crippen LogP) is 1.61. The van der Waals surface area contributed by atoms with Crippen molar-refractivity contribution in [3.63, 3.8) is 0 Å². The quantitative estimate of drug-likeness (QED) is 0.765. The number of hydrogen-bond donors (Lipinski definition) is 2. The second-order valence-corrected chi connectivity index (χ2v) is 3.79. The summed E-state index contributed by atoms with van der Waals surface area (Å²) in [5, 5.41) is 19.4. The first kappa shape index (κ1) is 12.5. The van der Waals surface area contributed by atoms with Gasteiger partial charge in [0.15, 0.2) is 0 Å². The molecule has 0 unspecified atom stereocenters. The second kappa shape index (κ2) is 4.99. The van der Waals surface area contributed by atoms with Crippen molar-refractivity contribution in [3.05, 3.63) is 28.8 Å². The molecule has 0 bridgehead atoms. The van der Waals surface area contributed by atoms with Gasteiger partial charge in [-0.25, -0.2) is 0 Å². The summed E-state index contributed by atoms with van der Waals surface area (Å²) in [6.07, 6.45) is -1.20. The van der Waals surface area contributed by atoms with Gasteiger partial charge in [0.1, 0.15) is 5.75 Å². The molecule has 0 aliphatic heterocycles. The molecular weight excluding hydrogens is 208 g/mol. The maximum Gasteiger partial charge on any atom is 0.308 e. The lowest BCUT2D eigenvalue weighted by molar-refractivity contribution is -0.142. The topological polar surface area (TPSA) is 66.8 Å². The van der Waals surface area contributed by atoms with E-state index in [-0.39, 0.29) is 12.2 Å². The van der Waals surface area contributed by atoms with Gasteiger partial charge in [0, 0.05) is 5.56 Å². The first-order valence-corrected chi connectivity index (χ1v) is 5.00. The average molecular weight is 224 g/mol. The van der Waals surface area contributed by atoms with Crippen LogP contribution >= 0.6 is 0 Å². The van der Waals surface area contributed by atoms with Crippen LogP contribution < -0.4 is 0 Å². The number of aliphatic hydroxyl groups is 1. The molecule has 0 saturated heterocycles. The standard InChI is InChI=1S/C12H16O4/c1-7-4-9(10(13)5-8(7)2)11(14)6-12(15)16-3/h4-5,11,13-14H,6H2,1-3H3/t11-/m0/s1. The van der Waals surface area contributed by atoms with Crippen molar-refractivity contribution >= 4 is 5.97 Å². The lowest BCUT2D eigenvalue weighted by Gasteiger charge is -2.13. The highest BCUT2D eigenvalue weighted by atomic mass is 16.5. The highest BCUT2D eigenvalue weighted by Crippen LogP contribution is 2.29. The van der Waals surface area contributed by atoms with Crippen LogP contribution in [-0.2, 0) is 9.53 Å². The Balaban J connectivity index is 2.95. The zero-order valence-electron chi connectivity index (χ0n) is 9.65. The van der Waals surface area contributed by atoms with E-state index in [9.17, 15) is 15.0 Å². The molecule has 0 radical (unpaired) electrons. The number of methoxy groups -OCH3 is 1. The molecule has 2 N–H and O–H groups in total. The van der Waals surface area contributed by atoms with Crippen molar-refractivity contribution in [1.29, 1.82) is 0 Å². The van der Waals surface area contributed by atoms with E-state index in [0.717, 1.165) is 11.1 Å². The molecule has 4 nitrogen and oxygen atoms in total. The van der Waals surface area contributed by atoms with Crippen molar-refractivity contribution in [3.8, 4) is 5.75 Å². The zero-order chi connectivity index (χ0) is 12.3. The largest absolute Gasteiger partial charge is 0.508 e. The Labute approximate surface area is 94.5 Å². The SMILES string of the molecule is COC(=O)C[C@H](O)c1cc(C)c(C)cc1O. The minimum atomic E-state index is -1.04. The van der Waals surface area contributed by atoms with Crippen molar-refractivity contribution < 1.29 is 19.7 Å². The highest BCUT2D eigenvalue weighted by Gasteiger charge is 2.17. The molecule has 0 aromatic heterocycles. The molecule has 16 heavy (non-hydrogen) atoms. The number of phenols is 1. The lowest BCUT2D eigenvalue weighted by Crippen LogP contribution is -2.08. The average Bonchev–Trinajstić information content (AvgIpc) is 2.23. The van der Waals surface area contributed by atoms with E-state index in [1.54, 1.807) is 12.1 Å². The zero-order valence-corrected chi connectivity index (χ0v) is 9.65. The van der Waals surface area contributed by atoms with Crippen molar-refractivity contribution in [2.75, 3.05) is 7.11 Å². The number of hydrogen-bond acceptors (Lipinski definition) is 4. The number of phenolic OH excluding ortho intramolecular Hbond substituents is 1. The van der Waals surface area contributed by atoms with Gasteiger partial charge in [-0.15, -0.1) is 0 Å². The normalized spacial score (nSPS) is 12.2. The molecule has 0 aliphatic carbocycles. The highest BCUT2D eigenvalue weighted by molar-refractivity contribution is 5.70. The van der Waals surface area contributed by atoms with E-state index in [0.29, 0.717) is 5.56 Å². The Bertz CT molecular complexity index is 398. The molecule has 0 heterocycles. The van der Waals surface area contributed by atoms with E-state index >= 15 is 0 Å². The van der Waals surface area contributed by atoms with Gasteiger partial charge in [0.05, 0.1) is 19.6 Å². The van der Waals surface area contributed by atoms with Crippen LogP contribution in [0.15, 0.2) is 12.1 Å². The number of carbonyl (C=O) groups is 1. The molecule has 1 rings (SSSR count). The summed E-state index contributed by atoms with van der Waals surface area (Å²) in [5.41, 5.74) is 2.25. The Morgan fingerprint density at radius 1 is 1.38 bits per heavy atom. The molecule has 4 heteroatoms. The summed E-state index contributed by atoms with van der Waals surface area (Å²) in [6.45, 7) is 3.74. The van der Waals surface area contributed by atoms with E-state index in [1.807, 2.05) is 13.8 Å². The number of carbonyl (C=O) groups excluding carboxylic acids is 1. The van der Waals surface area contributed by atoms with Gasteiger partial charge >= 0.3 is 5.97 Å². The van der Waals surface area contributed by atoms with E-state index in [2.05, 4.69) is 4.74 Å². The lowest BCUT2D eigenvalue weighted by atomic mass is 10.00. The van der Waals surface area contributed by atoms with Crippen LogP contribution in [0.5, 0.6) is 5.75 Å². The van der Waals surface area contributed by atoms with E-state index < -0.39 is 12.1 Å². The molecule has 0 spiro atoms. The first-order valence-electron chi connectivity index (χ1n) is 5.00. The number of esters is 1. The van der Waals surface area contributed by atoms with Crippen LogP contribution in [0.3, 0.4) is 0 Å². The van der Waals surface area contributed by atoms with Gasteiger partial charge in [-0.05, 0) is 37.1 Å². The van der Waals surface area contributed by atoms with Crippen LogP contribution in [0.2, 0.25) is 0 Å². The van der Waals surface area contributed by atoms with Crippen LogP contribution in [0, 0.1) is 13.8 Å². The van der Waals surface area contributed by atoms with Gasteiger partial charge in [0.25, 0.3) is 0 Å². The van der Waals surface area contributed by atoms with E-state index in [1.165, 1.54) is 7.11 Å². The molecule has 0 amide bonds. The molecule has 0 aliphatic rings. The Hall–Kier alpha value is -1.55. The summed E-state index contributed by atoms with van der Waals surface area (Å²) >= 11 is 0. The fraction of sp³-hybridized carbons (Fsp3) is 0.417. The van der Waals surface area contributed by atoms with Gasteiger partial charge < -0.3 is 14.9 Å². The van der Waals surface area contributed by atoms with Crippen molar-refractivity contribution in [1.82, 2.24) is 0 Å². The number of benzene rings is 1. The van der Waals surface area contributed by atoms with Crippen molar-refractivity contribution in [2.45, 2.75) is 26.4 Å². The number of aryl methyl sites for hydroxylation is 2. The maximum absolute atomic E-state index is 11.0. The number of ether oxygens (including phenoxy) is 1. The third kappa shape index (κ3) is 2.73.